The van der Waals surface area contributed by atoms with E-state index in [-0.39, 0.29) is 30.3 Å². The summed E-state index contributed by atoms with van der Waals surface area (Å²) < 4.78 is 20.5. The second-order valence-corrected chi connectivity index (χ2v) is 9.32. The first-order chi connectivity index (χ1) is 18.0. The average Bonchev–Trinajstić information content (AvgIpc) is 2.92. The fraction of sp³-hybridized carbons (Fsp3) is 0.242. The van der Waals surface area contributed by atoms with Crippen LogP contribution in [0.15, 0.2) is 103 Å². The van der Waals surface area contributed by atoms with E-state index in [9.17, 15) is 4.79 Å². The van der Waals surface area contributed by atoms with Crippen molar-refractivity contribution in [3.05, 3.63) is 131 Å². The number of aryl methyl sites for hydroxylation is 1. The number of benzene rings is 4. The van der Waals surface area contributed by atoms with Crippen molar-refractivity contribution >= 4 is 5.97 Å². The molecule has 0 N–H and O–H groups in total. The minimum absolute atomic E-state index is 0.00667. The third-order valence-corrected chi connectivity index (χ3v) is 6.86. The van der Waals surface area contributed by atoms with Gasteiger partial charge in [0.1, 0.15) is 5.82 Å². The van der Waals surface area contributed by atoms with Gasteiger partial charge in [-0.25, -0.2) is 4.39 Å². The zero-order valence-electron chi connectivity index (χ0n) is 21.7. The molecule has 0 saturated carbocycles. The molecular formula is C33H34FNO2. The molecule has 0 bridgehead atoms. The summed E-state index contributed by atoms with van der Waals surface area (Å²) in [5.41, 5.74) is 5.55. The van der Waals surface area contributed by atoms with E-state index in [1.807, 2.05) is 80.6 Å². The number of carbonyl (C=O) groups is 1. The molecule has 0 spiro atoms. The van der Waals surface area contributed by atoms with Crippen LogP contribution >= 0.6 is 0 Å². The Hall–Kier alpha value is -3.76. The highest BCUT2D eigenvalue weighted by molar-refractivity contribution is 5.72. The molecule has 0 fully saturated rings. The summed E-state index contributed by atoms with van der Waals surface area (Å²) in [6.07, 6.45) is 0.163. The lowest BCUT2D eigenvalue weighted by Gasteiger charge is -2.37. The first-order valence-corrected chi connectivity index (χ1v) is 12.8. The average molecular weight is 496 g/mol. The Morgan fingerprint density at radius 1 is 0.838 bits per heavy atom. The molecule has 0 heterocycles. The molecular weight excluding hydrogens is 461 g/mol. The van der Waals surface area contributed by atoms with Gasteiger partial charge in [0, 0.05) is 24.2 Å². The smallest absolute Gasteiger partial charge is 0.307 e. The van der Waals surface area contributed by atoms with Gasteiger partial charge in [0.05, 0.1) is 13.0 Å². The number of hydrogen-bond donors (Lipinski definition) is 0. The topological polar surface area (TPSA) is 29.5 Å². The maximum atomic E-state index is 15.1. The predicted octanol–water partition coefficient (Wildman–Crippen LogP) is 8.06. The summed E-state index contributed by atoms with van der Waals surface area (Å²) in [4.78, 5) is 15.2. The minimum atomic E-state index is -0.321. The van der Waals surface area contributed by atoms with Gasteiger partial charge in [-0.05, 0) is 60.7 Å². The number of rotatable bonds is 10. The summed E-state index contributed by atoms with van der Waals surface area (Å²) >= 11 is 0. The summed E-state index contributed by atoms with van der Waals surface area (Å²) in [5.74, 6) is -0.550. The third-order valence-electron chi connectivity index (χ3n) is 6.86. The molecule has 3 nitrogen and oxygen atoms in total. The summed E-state index contributed by atoms with van der Waals surface area (Å²) in [6, 6.07) is 33.2. The number of carbonyl (C=O) groups excluding carboxylic acids is 1. The molecule has 4 aromatic rings. The molecule has 0 amide bonds. The number of halogens is 1. The number of nitrogens with zero attached hydrogens (tertiary/aromatic N) is 1. The van der Waals surface area contributed by atoms with Gasteiger partial charge in [0.15, 0.2) is 0 Å². The van der Waals surface area contributed by atoms with E-state index < -0.39 is 0 Å². The molecule has 4 heteroatoms. The maximum Gasteiger partial charge on any atom is 0.307 e. The van der Waals surface area contributed by atoms with Crippen molar-refractivity contribution in [3.63, 3.8) is 0 Å². The lowest BCUT2D eigenvalue weighted by Crippen LogP contribution is -2.33. The summed E-state index contributed by atoms with van der Waals surface area (Å²) in [6.45, 7) is 6.89. The molecule has 0 saturated heterocycles. The van der Waals surface area contributed by atoms with Gasteiger partial charge in [0.2, 0.25) is 0 Å². The van der Waals surface area contributed by atoms with E-state index in [2.05, 4.69) is 36.1 Å². The summed E-state index contributed by atoms with van der Waals surface area (Å²) in [7, 11) is 0. The Morgan fingerprint density at radius 2 is 1.49 bits per heavy atom. The molecule has 0 radical (unpaired) electrons. The molecule has 190 valence electrons. The van der Waals surface area contributed by atoms with Crippen LogP contribution < -0.4 is 0 Å². The standard InChI is InChI=1S/C33H34FNO2/c1-4-37-33(36)22-32(28-19-20-31(34)30(21-28)29-18-12-11-13-24(29)2)35(23-26-14-7-5-8-15-26)25(3)27-16-9-6-10-17-27/h5-21,25,32H,4,22-23H2,1-3H3. The van der Waals surface area contributed by atoms with E-state index in [0.29, 0.717) is 18.7 Å². The zero-order valence-corrected chi connectivity index (χ0v) is 21.7. The molecule has 2 atom stereocenters. The van der Waals surface area contributed by atoms with Crippen molar-refractivity contribution in [2.24, 2.45) is 0 Å². The third kappa shape index (κ3) is 6.52. The van der Waals surface area contributed by atoms with Crippen molar-refractivity contribution in [2.45, 2.75) is 45.8 Å². The molecule has 0 aromatic heterocycles. The van der Waals surface area contributed by atoms with Crippen LogP contribution in [0.25, 0.3) is 11.1 Å². The monoisotopic (exact) mass is 495 g/mol. The van der Waals surface area contributed by atoms with Crippen LogP contribution in [0.5, 0.6) is 0 Å². The van der Waals surface area contributed by atoms with Crippen LogP contribution in [0.4, 0.5) is 4.39 Å². The van der Waals surface area contributed by atoms with Crippen LogP contribution in [-0.4, -0.2) is 17.5 Å². The van der Waals surface area contributed by atoms with Crippen LogP contribution in [0.3, 0.4) is 0 Å². The first kappa shape index (κ1) is 26.3. The molecule has 0 aliphatic carbocycles. The highest BCUT2D eigenvalue weighted by atomic mass is 19.1. The predicted molar refractivity (Wildman–Crippen MR) is 147 cm³/mol. The number of hydrogen-bond acceptors (Lipinski definition) is 3. The van der Waals surface area contributed by atoms with Crippen molar-refractivity contribution in [1.29, 1.82) is 0 Å². The molecule has 2 unspecified atom stereocenters. The van der Waals surface area contributed by atoms with Crippen molar-refractivity contribution < 1.29 is 13.9 Å². The fourth-order valence-electron chi connectivity index (χ4n) is 4.87. The van der Waals surface area contributed by atoms with Gasteiger partial charge < -0.3 is 4.74 Å². The van der Waals surface area contributed by atoms with Gasteiger partial charge in [-0.3, -0.25) is 9.69 Å². The van der Waals surface area contributed by atoms with Gasteiger partial charge >= 0.3 is 5.97 Å². The van der Waals surface area contributed by atoms with Crippen LogP contribution in [0.1, 0.15) is 54.6 Å². The maximum absolute atomic E-state index is 15.1. The van der Waals surface area contributed by atoms with Crippen LogP contribution in [-0.2, 0) is 16.1 Å². The zero-order chi connectivity index (χ0) is 26.2. The Morgan fingerprint density at radius 3 is 2.16 bits per heavy atom. The van der Waals surface area contributed by atoms with Gasteiger partial charge in [-0.2, -0.15) is 0 Å². The minimum Gasteiger partial charge on any atom is -0.466 e. The highest BCUT2D eigenvalue weighted by Crippen LogP contribution is 2.37. The molecule has 4 rings (SSSR count). The highest BCUT2D eigenvalue weighted by Gasteiger charge is 2.29. The van der Waals surface area contributed by atoms with Crippen LogP contribution in [0.2, 0.25) is 0 Å². The second-order valence-electron chi connectivity index (χ2n) is 9.32. The van der Waals surface area contributed by atoms with E-state index in [4.69, 9.17) is 4.74 Å². The lowest BCUT2D eigenvalue weighted by molar-refractivity contribution is -0.145. The Balaban J connectivity index is 1.83. The second kappa shape index (κ2) is 12.5. The van der Waals surface area contributed by atoms with E-state index >= 15 is 4.39 Å². The number of esters is 1. The SMILES string of the molecule is CCOC(=O)CC(c1ccc(F)c(-c2ccccc2C)c1)N(Cc1ccccc1)C(C)c1ccccc1. The quantitative estimate of drug-likeness (QED) is 0.208. The normalized spacial score (nSPS) is 12.8. The van der Waals surface area contributed by atoms with E-state index in [1.54, 1.807) is 6.07 Å². The molecule has 0 aliphatic rings. The molecule has 0 aliphatic heterocycles. The van der Waals surface area contributed by atoms with E-state index in [1.165, 1.54) is 6.07 Å². The van der Waals surface area contributed by atoms with Crippen molar-refractivity contribution in [2.75, 3.05) is 6.61 Å². The van der Waals surface area contributed by atoms with Crippen molar-refractivity contribution in [1.82, 2.24) is 4.90 Å². The van der Waals surface area contributed by atoms with Gasteiger partial charge in [-0.1, -0.05) is 91.0 Å². The van der Waals surface area contributed by atoms with Gasteiger partial charge in [-0.15, -0.1) is 0 Å². The largest absolute Gasteiger partial charge is 0.466 e. The van der Waals surface area contributed by atoms with Crippen LogP contribution in [0, 0.1) is 12.7 Å². The first-order valence-electron chi connectivity index (χ1n) is 12.8. The molecule has 37 heavy (non-hydrogen) atoms. The summed E-state index contributed by atoms with van der Waals surface area (Å²) in [5, 5.41) is 0. The Kier molecular flexibility index (Phi) is 8.86. The lowest BCUT2D eigenvalue weighted by atomic mass is 9.92. The molecule has 4 aromatic carbocycles. The van der Waals surface area contributed by atoms with E-state index in [0.717, 1.165) is 27.8 Å². The Bertz CT molecular complexity index is 1310. The Labute approximate surface area is 219 Å². The van der Waals surface area contributed by atoms with Gasteiger partial charge in [0.25, 0.3) is 0 Å². The van der Waals surface area contributed by atoms with Crippen molar-refractivity contribution in [3.8, 4) is 11.1 Å². The number of ether oxygens (including phenoxy) is 1. The fourth-order valence-corrected chi connectivity index (χ4v) is 4.87.